The molecule has 0 fully saturated rings. The van der Waals surface area contributed by atoms with E-state index in [0.717, 1.165) is 11.6 Å². The highest BCUT2D eigenvalue weighted by Gasteiger charge is 2.08. The fourth-order valence-corrected chi connectivity index (χ4v) is 2.90. The minimum atomic E-state index is -0.605. The molecule has 0 aliphatic carbocycles. The van der Waals surface area contributed by atoms with Crippen molar-refractivity contribution in [3.63, 3.8) is 0 Å². The van der Waals surface area contributed by atoms with E-state index in [2.05, 4.69) is 25.9 Å². The molecule has 0 saturated carbocycles. The van der Waals surface area contributed by atoms with Gasteiger partial charge in [-0.25, -0.2) is 23.5 Å². The number of hydrogen-bond acceptors (Lipinski definition) is 5. The summed E-state index contributed by atoms with van der Waals surface area (Å²) in [5.74, 6) is -0.681. The molecule has 30 heavy (non-hydrogen) atoms. The number of halogens is 3. The van der Waals surface area contributed by atoms with Crippen LogP contribution < -0.4 is 21.7 Å². The lowest BCUT2D eigenvalue weighted by Crippen LogP contribution is -2.20. The third-order valence-electron chi connectivity index (χ3n) is 4.13. The molecule has 1 aromatic heterocycles. The Balaban J connectivity index is 1.48. The van der Waals surface area contributed by atoms with Gasteiger partial charge in [0, 0.05) is 28.9 Å². The molecule has 0 aliphatic heterocycles. The number of anilines is 3. The number of carbonyl (C=O) groups excluding carboxylic acids is 1. The van der Waals surface area contributed by atoms with Crippen molar-refractivity contribution in [2.75, 3.05) is 22.9 Å². The summed E-state index contributed by atoms with van der Waals surface area (Å²) in [6, 6.07) is 8.13. The maximum absolute atomic E-state index is 13.6. The van der Waals surface area contributed by atoms with E-state index in [1.165, 1.54) is 24.5 Å². The van der Waals surface area contributed by atoms with Crippen molar-refractivity contribution in [2.45, 2.75) is 13.0 Å². The van der Waals surface area contributed by atoms with Crippen LogP contribution in [0.4, 0.5) is 30.9 Å². The average Bonchev–Trinajstić information content (AvgIpc) is 2.69. The molecule has 0 bridgehead atoms. The Morgan fingerprint density at radius 2 is 1.83 bits per heavy atom. The van der Waals surface area contributed by atoms with E-state index in [1.54, 1.807) is 18.2 Å². The van der Waals surface area contributed by atoms with Gasteiger partial charge in [0.15, 0.2) is 5.82 Å². The summed E-state index contributed by atoms with van der Waals surface area (Å²) in [5, 5.41) is 8.76. The van der Waals surface area contributed by atoms with Gasteiger partial charge in [-0.05, 0) is 36.7 Å². The standard InChI is InChI=1S/C20H19ClF2N6O/c21-16-8-15(28-20(30)29-19-11-26-18(24)10-27-19)4-2-12(16)5-6-25-9-13-1-3-14(22)7-17(13)23/h1-4,7-8,10-11,25H,5-6,9H2,(H2,24,26)(H2,27,28,29,30). The molecular weight excluding hydrogens is 414 g/mol. The van der Waals surface area contributed by atoms with Gasteiger partial charge in [-0.15, -0.1) is 0 Å². The third-order valence-corrected chi connectivity index (χ3v) is 4.48. The Labute approximate surface area is 176 Å². The van der Waals surface area contributed by atoms with E-state index in [0.29, 0.717) is 29.2 Å². The zero-order valence-electron chi connectivity index (χ0n) is 15.8. The van der Waals surface area contributed by atoms with Gasteiger partial charge in [-0.2, -0.15) is 0 Å². The van der Waals surface area contributed by atoms with Crippen LogP contribution in [0.5, 0.6) is 0 Å². The summed E-state index contributed by atoms with van der Waals surface area (Å²) in [6.45, 7) is 0.817. The molecular formula is C20H19ClF2N6O. The monoisotopic (exact) mass is 432 g/mol. The highest BCUT2D eigenvalue weighted by Crippen LogP contribution is 2.21. The number of amides is 2. The fourth-order valence-electron chi connectivity index (χ4n) is 2.62. The van der Waals surface area contributed by atoms with E-state index >= 15 is 0 Å². The molecule has 156 valence electrons. The van der Waals surface area contributed by atoms with E-state index in [1.807, 2.05) is 0 Å². The predicted molar refractivity (Wildman–Crippen MR) is 112 cm³/mol. The Kier molecular flexibility index (Phi) is 7.10. The third kappa shape index (κ3) is 6.10. The van der Waals surface area contributed by atoms with E-state index in [-0.39, 0.29) is 18.2 Å². The lowest BCUT2D eigenvalue weighted by atomic mass is 10.1. The van der Waals surface area contributed by atoms with Gasteiger partial charge in [-0.1, -0.05) is 23.7 Å². The van der Waals surface area contributed by atoms with E-state index in [4.69, 9.17) is 17.3 Å². The van der Waals surface area contributed by atoms with Crippen LogP contribution in [0.3, 0.4) is 0 Å². The SMILES string of the molecule is Nc1cnc(NC(=O)Nc2ccc(CCNCc3ccc(F)cc3F)c(Cl)c2)cn1. The van der Waals surface area contributed by atoms with Crippen LogP contribution in [-0.2, 0) is 13.0 Å². The first-order chi connectivity index (χ1) is 14.4. The van der Waals surface area contributed by atoms with Crippen LogP contribution in [0.25, 0.3) is 0 Å². The van der Waals surface area contributed by atoms with Crippen molar-refractivity contribution < 1.29 is 13.6 Å². The average molecular weight is 433 g/mol. The van der Waals surface area contributed by atoms with Crippen molar-refractivity contribution in [3.05, 3.63) is 76.6 Å². The molecule has 0 radical (unpaired) electrons. The molecule has 1 heterocycles. The van der Waals surface area contributed by atoms with Gasteiger partial charge in [0.1, 0.15) is 17.5 Å². The van der Waals surface area contributed by atoms with E-state index in [9.17, 15) is 13.6 Å². The first-order valence-corrected chi connectivity index (χ1v) is 9.37. The number of rotatable bonds is 7. The number of nitrogens with zero attached hydrogens (tertiary/aromatic N) is 2. The maximum atomic E-state index is 13.6. The lowest BCUT2D eigenvalue weighted by Gasteiger charge is -2.10. The minimum absolute atomic E-state index is 0.251. The number of benzene rings is 2. The van der Waals surface area contributed by atoms with Crippen LogP contribution in [0.1, 0.15) is 11.1 Å². The molecule has 0 spiro atoms. The van der Waals surface area contributed by atoms with Gasteiger partial charge in [0.25, 0.3) is 0 Å². The number of nitrogens with two attached hydrogens (primary N) is 1. The molecule has 7 nitrogen and oxygen atoms in total. The zero-order chi connectivity index (χ0) is 21.5. The molecule has 0 atom stereocenters. The van der Waals surface area contributed by atoms with Crippen LogP contribution in [0.2, 0.25) is 5.02 Å². The number of nitrogen functional groups attached to an aromatic ring is 1. The normalized spacial score (nSPS) is 10.6. The number of aromatic nitrogens is 2. The maximum Gasteiger partial charge on any atom is 0.324 e. The summed E-state index contributed by atoms with van der Waals surface area (Å²) in [5.41, 5.74) is 7.20. The fraction of sp³-hybridized carbons (Fsp3) is 0.150. The predicted octanol–water partition coefficient (Wildman–Crippen LogP) is 3.97. The highest BCUT2D eigenvalue weighted by atomic mass is 35.5. The van der Waals surface area contributed by atoms with Crippen LogP contribution in [0, 0.1) is 11.6 Å². The Hall–Kier alpha value is -3.30. The molecule has 5 N–H and O–H groups in total. The smallest absolute Gasteiger partial charge is 0.324 e. The summed E-state index contributed by atoms with van der Waals surface area (Å²) < 4.78 is 26.5. The van der Waals surface area contributed by atoms with Crippen molar-refractivity contribution in [2.24, 2.45) is 0 Å². The Morgan fingerprint density at radius 3 is 2.53 bits per heavy atom. The van der Waals surface area contributed by atoms with Crippen molar-refractivity contribution in [3.8, 4) is 0 Å². The van der Waals surface area contributed by atoms with Gasteiger partial charge in [-0.3, -0.25) is 5.32 Å². The Morgan fingerprint density at radius 1 is 1.03 bits per heavy atom. The quantitative estimate of drug-likeness (QED) is 0.423. The van der Waals surface area contributed by atoms with Crippen LogP contribution in [0.15, 0.2) is 48.8 Å². The highest BCUT2D eigenvalue weighted by molar-refractivity contribution is 6.31. The van der Waals surface area contributed by atoms with Gasteiger partial charge in [0.2, 0.25) is 0 Å². The number of carbonyl (C=O) groups is 1. The van der Waals surface area contributed by atoms with Crippen LogP contribution in [-0.4, -0.2) is 22.5 Å². The summed E-state index contributed by atoms with van der Waals surface area (Å²) in [4.78, 5) is 19.8. The topological polar surface area (TPSA) is 105 Å². The second kappa shape index (κ2) is 9.95. The lowest BCUT2D eigenvalue weighted by molar-refractivity contribution is 0.262. The van der Waals surface area contributed by atoms with Crippen molar-refractivity contribution in [1.82, 2.24) is 15.3 Å². The number of hydrogen-bond donors (Lipinski definition) is 4. The zero-order valence-corrected chi connectivity index (χ0v) is 16.5. The number of urea groups is 1. The van der Waals surface area contributed by atoms with Crippen LogP contribution >= 0.6 is 11.6 Å². The van der Waals surface area contributed by atoms with Gasteiger partial charge >= 0.3 is 6.03 Å². The van der Waals surface area contributed by atoms with Gasteiger partial charge < -0.3 is 16.4 Å². The van der Waals surface area contributed by atoms with Crippen molar-refractivity contribution in [1.29, 1.82) is 0 Å². The molecule has 3 rings (SSSR count). The molecule has 3 aromatic rings. The largest absolute Gasteiger partial charge is 0.382 e. The molecule has 2 amide bonds. The first-order valence-electron chi connectivity index (χ1n) is 8.99. The summed E-state index contributed by atoms with van der Waals surface area (Å²) in [6.07, 6.45) is 3.27. The molecule has 10 heteroatoms. The number of nitrogens with one attached hydrogen (secondary N) is 3. The molecule has 0 unspecified atom stereocenters. The minimum Gasteiger partial charge on any atom is -0.382 e. The summed E-state index contributed by atoms with van der Waals surface area (Å²) >= 11 is 6.29. The second-order valence-electron chi connectivity index (χ2n) is 6.37. The molecule has 2 aromatic carbocycles. The van der Waals surface area contributed by atoms with E-state index < -0.39 is 17.7 Å². The van der Waals surface area contributed by atoms with Crippen molar-refractivity contribution >= 4 is 35.0 Å². The Bertz CT molecular complexity index is 1030. The molecule has 0 aliphatic rings. The summed E-state index contributed by atoms with van der Waals surface area (Å²) in [7, 11) is 0. The first kappa shape index (κ1) is 21.4. The second-order valence-corrected chi connectivity index (χ2v) is 6.78. The van der Waals surface area contributed by atoms with Gasteiger partial charge in [0.05, 0.1) is 12.4 Å². The molecule has 0 saturated heterocycles.